The number of H-pyrrole nitrogens is 1. The smallest absolute Gasteiger partial charge is 0.309 e. The molecular weight excluding hydrogens is 454 g/mol. The summed E-state index contributed by atoms with van der Waals surface area (Å²) in [5.74, 6) is -0.0860. The highest BCUT2D eigenvalue weighted by molar-refractivity contribution is 5.81. The van der Waals surface area contributed by atoms with Crippen LogP contribution in [0.4, 0.5) is 0 Å². The molecule has 1 aliphatic rings. The summed E-state index contributed by atoms with van der Waals surface area (Å²) >= 11 is 0. The number of aliphatic carboxylic acids is 1. The second kappa shape index (κ2) is 11.9. The van der Waals surface area contributed by atoms with Crippen LogP contribution in [0, 0.1) is 5.41 Å². The Kier molecular flexibility index (Phi) is 8.46. The summed E-state index contributed by atoms with van der Waals surface area (Å²) in [4.78, 5) is 27.2. The van der Waals surface area contributed by atoms with Gasteiger partial charge < -0.3 is 10.0 Å². The maximum absolute atomic E-state index is 13.2. The molecule has 8 nitrogen and oxygen atoms in total. The minimum atomic E-state index is -0.743. The van der Waals surface area contributed by atoms with Crippen LogP contribution in [0.15, 0.2) is 48.5 Å². The van der Waals surface area contributed by atoms with Crippen molar-refractivity contribution < 1.29 is 14.7 Å². The van der Waals surface area contributed by atoms with Gasteiger partial charge in [-0.05, 0) is 52.8 Å². The molecule has 2 aromatic carbocycles. The quantitative estimate of drug-likeness (QED) is 0.369. The fourth-order valence-electron chi connectivity index (χ4n) is 5.17. The van der Waals surface area contributed by atoms with Gasteiger partial charge in [0.25, 0.3) is 0 Å². The molecule has 36 heavy (non-hydrogen) atoms. The summed E-state index contributed by atoms with van der Waals surface area (Å²) < 4.78 is 0. The topological polar surface area (TPSA) is 112 Å². The van der Waals surface area contributed by atoms with Gasteiger partial charge in [-0.1, -0.05) is 81.1 Å². The number of carbonyl (C=O) groups is 2. The summed E-state index contributed by atoms with van der Waals surface area (Å²) in [6.45, 7) is 3.31. The maximum atomic E-state index is 13.2. The Hall–Kier alpha value is -3.55. The summed E-state index contributed by atoms with van der Waals surface area (Å²) in [5, 5.41) is 24.1. The number of hydrogen-bond acceptors (Lipinski definition) is 5. The second-order valence-electron chi connectivity index (χ2n) is 9.81. The van der Waals surface area contributed by atoms with E-state index in [0.717, 1.165) is 54.4 Å². The monoisotopic (exact) mass is 489 g/mol. The molecule has 4 rings (SSSR count). The van der Waals surface area contributed by atoms with E-state index in [2.05, 4.69) is 51.8 Å². The van der Waals surface area contributed by atoms with Gasteiger partial charge in [-0.3, -0.25) is 9.59 Å². The standard InChI is InChI=1S/C28H35N5O3/c1-2-3-19-33(25(34)15-18-28(27(35)36)16-7-4-8-17-28)20-21-11-13-22(14-12-21)23-9-5-6-10-24(23)26-29-31-32-30-26/h5-6,9-14H,2-4,7-8,15-20H2,1H3,(H,35,36)(H,29,30,31,32). The number of nitrogens with zero attached hydrogens (tertiary/aromatic N) is 4. The van der Waals surface area contributed by atoms with E-state index in [1.165, 1.54) is 0 Å². The van der Waals surface area contributed by atoms with E-state index in [1.54, 1.807) is 0 Å². The number of unbranched alkanes of at least 4 members (excludes halogenated alkanes) is 1. The van der Waals surface area contributed by atoms with E-state index in [0.29, 0.717) is 38.2 Å². The zero-order valence-corrected chi connectivity index (χ0v) is 20.9. The van der Waals surface area contributed by atoms with E-state index in [1.807, 2.05) is 29.2 Å². The predicted molar refractivity (Wildman–Crippen MR) is 138 cm³/mol. The summed E-state index contributed by atoms with van der Waals surface area (Å²) in [5.41, 5.74) is 3.29. The molecule has 0 radical (unpaired) electrons. The SMILES string of the molecule is CCCCN(Cc1ccc(-c2ccccc2-c2nnn[nH]2)cc1)C(=O)CCC1(C(=O)O)CCCCC1. The van der Waals surface area contributed by atoms with Gasteiger partial charge in [0.1, 0.15) is 0 Å². The van der Waals surface area contributed by atoms with Crippen molar-refractivity contribution in [3.8, 4) is 22.5 Å². The minimum absolute atomic E-state index is 0.0434. The van der Waals surface area contributed by atoms with Crippen molar-refractivity contribution in [1.29, 1.82) is 0 Å². The van der Waals surface area contributed by atoms with E-state index < -0.39 is 11.4 Å². The first-order chi connectivity index (χ1) is 17.5. The van der Waals surface area contributed by atoms with Crippen LogP contribution < -0.4 is 0 Å². The molecule has 1 fully saturated rings. The average Bonchev–Trinajstić information content (AvgIpc) is 3.45. The molecule has 0 saturated heterocycles. The zero-order chi connectivity index (χ0) is 25.4. The van der Waals surface area contributed by atoms with Gasteiger partial charge in [-0.2, -0.15) is 0 Å². The lowest BCUT2D eigenvalue weighted by Crippen LogP contribution is -2.37. The largest absolute Gasteiger partial charge is 0.481 e. The van der Waals surface area contributed by atoms with Crippen molar-refractivity contribution in [3.05, 3.63) is 54.1 Å². The van der Waals surface area contributed by atoms with Crippen LogP contribution in [-0.2, 0) is 16.1 Å². The zero-order valence-electron chi connectivity index (χ0n) is 20.9. The number of carbonyl (C=O) groups excluding carboxylic acids is 1. The number of carboxylic acid groups (broad SMARTS) is 1. The predicted octanol–water partition coefficient (Wildman–Crippen LogP) is 5.48. The number of nitrogens with one attached hydrogen (secondary N) is 1. The van der Waals surface area contributed by atoms with Crippen molar-refractivity contribution in [3.63, 3.8) is 0 Å². The molecule has 0 aliphatic heterocycles. The Balaban J connectivity index is 1.46. The lowest BCUT2D eigenvalue weighted by molar-refractivity contribution is -0.152. The van der Waals surface area contributed by atoms with Crippen molar-refractivity contribution in [2.45, 2.75) is 71.3 Å². The van der Waals surface area contributed by atoms with E-state index >= 15 is 0 Å². The first-order valence-corrected chi connectivity index (χ1v) is 13.0. The molecule has 1 saturated carbocycles. The van der Waals surface area contributed by atoms with Crippen molar-refractivity contribution in [1.82, 2.24) is 25.5 Å². The second-order valence-corrected chi connectivity index (χ2v) is 9.81. The Morgan fingerprint density at radius 3 is 2.39 bits per heavy atom. The van der Waals surface area contributed by atoms with Gasteiger partial charge in [0, 0.05) is 25.1 Å². The molecule has 3 aromatic rings. The molecule has 0 spiro atoms. The highest BCUT2D eigenvalue weighted by atomic mass is 16.4. The first kappa shape index (κ1) is 25.5. The number of tetrazole rings is 1. The van der Waals surface area contributed by atoms with E-state index in [4.69, 9.17) is 0 Å². The Bertz CT molecular complexity index is 1140. The fraction of sp³-hybridized carbons (Fsp3) is 0.464. The highest BCUT2D eigenvalue weighted by Gasteiger charge is 2.39. The molecule has 0 atom stereocenters. The lowest BCUT2D eigenvalue weighted by atomic mass is 9.71. The van der Waals surface area contributed by atoms with Gasteiger partial charge in [0.15, 0.2) is 5.82 Å². The fourth-order valence-corrected chi connectivity index (χ4v) is 5.17. The van der Waals surface area contributed by atoms with Gasteiger partial charge in [-0.25, -0.2) is 5.10 Å². The number of aromatic amines is 1. The Morgan fingerprint density at radius 2 is 1.75 bits per heavy atom. The van der Waals surface area contributed by atoms with Crippen LogP contribution in [0.25, 0.3) is 22.5 Å². The Morgan fingerprint density at radius 1 is 1.03 bits per heavy atom. The third-order valence-electron chi connectivity index (χ3n) is 7.38. The van der Waals surface area contributed by atoms with Gasteiger partial charge in [0.05, 0.1) is 5.41 Å². The Labute approximate surface area is 212 Å². The van der Waals surface area contributed by atoms with Gasteiger partial charge in [0.2, 0.25) is 5.91 Å². The molecule has 0 bridgehead atoms. The van der Waals surface area contributed by atoms with Crippen LogP contribution in [0.5, 0.6) is 0 Å². The molecule has 190 valence electrons. The van der Waals surface area contributed by atoms with Crippen molar-refractivity contribution in [2.24, 2.45) is 5.41 Å². The van der Waals surface area contributed by atoms with Gasteiger partial charge in [-0.15, -0.1) is 5.10 Å². The van der Waals surface area contributed by atoms with Crippen LogP contribution in [0.3, 0.4) is 0 Å². The number of amides is 1. The van der Waals surface area contributed by atoms with Crippen molar-refractivity contribution in [2.75, 3.05) is 6.54 Å². The van der Waals surface area contributed by atoms with Crippen LogP contribution in [0.1, 0.15) is 70.3 Å². The third-order valence-corrected chi connectivity index (χ3v) is 7.38. The first-order valence-electron chi connectivity index (χ1n) is 13.0. The lowest BCUT2D eigenvalue weighted by Gasteiger charge is -2.33. The van der Waals surface area contributed by atoms with Gasteiger partial charge >= 0.3 is 5.97 Å². The molecule has 0 unspecified atom stereocenters. The number of carboxylic acids is 1. The molecule has 1 aliphatic carbocycles. The van der Waals surface area contributed by atoms with E-state index in [9.17, 15) is 14.7 Å². The van der Waals surface area contributed by atoms with Crippen LogP contribution in [0.2, 0.25) is 0 Å². The molecule has 8 heteroatoms. The normalized spacial score (nSPS) is 14.9. The molecule has 2 N–H and O–H groups in total. The number of benzene rings is 2. The van der Waals surface area contributed by atoms with Crippen molar-refractivity contribution >= 4 is 11.9 Å². The summed E-state index contributed by atoms with van der Waals surface area (Å²) in [6.07, 6.45) is 6.94. The molecule has 1 aromatic heterocycles. The molecule has 1 heterocycles. The molecule has 1 amide bonds. The number of aromatic nitrogens is 4. The van der Waals surface area contributed by atoms with Crippen LogP contribution >= 0.6 is 0 Å². The minimum Gasteiger partial charge on any atom is -0.481 e. The average molecular weight is 490 g/mol. The van der Waals surface area contributed by atoms with E-state index in [-0.39, 0.29) is 12.3 Å². The highest BCUT2D eigenvalue weighted by Crippen LogP contribution is 2.40. The number of rotatable bonds is 11. The third kappa shape index (κ3) is 5.98. The summed E-state index contributed by atoms with van der Waals surface area (Å²) in [6, 6.07) is 16.2. The number of hydrogen-bond donors (Lipinski definition) is 2. The summed E-state index contributed by atoms with van der Waals surface area (Å²) in [7, 11) is 0. The molecular formula is C28H35N5O3. The maximum Gasteiger partial charge on any atom is 0.309 e. The van der Waals surface area contributed by atoms with Crippen LogP contribution in [-0.4, -0.2) is 49.1 Å².